The summed E-state index contributed by atoms with van der Waals surface area (Å²) in [5, 5.41) is 9.33. The van der Waals surface area contributed by atoms with Gasteiger partial charge in [-0.05, 0) is 25.2 Å². The Morgan fingerprint density at radius 1 is 0.839 bits per heavy atom. The normalized spacial score (nSPS) is 14.4. The van der Waals surface area contributed by atoms with Gasteiger partial charge in [-0.3, -0.25) is 4.68 Å². The second kappa shape index (κ2) is 9.44. The van der Waals surface area contributed by atoms with Crippen LogP contribution in [-0.4, -0.2) is 62.5 Å². The topological polar surface area (TPSA) is 54.5 Å². The predicted octanol–water partition coefficient (Wildman–Crippen LogP) is 4.05. The van der Waals surface area contributed by atoms with Crippen LogP contribution >= 0.6 is 36.4 Å². The van der Waals surface area contributed by atoms with Crippen molar-refractivity contribution in [1.82, 2.24) is 29.3 Å². The lowest BCUT2D eigenvalue weighted by atomic mass is 10.0. The minimum atomic E-state index is 0. The Balaban J connectivity index is 0.00000136. The summed E-state index contributed by atoms with van der Waals surface area (Å²) in [6.45, 7) is 4.11. The molecule has 0 radical (unpaired) electrons. The van der Waals surface area contributed by atoms with Gasteiger partial charge in [0, 0.05) is 74.1 Å². The lowest BCUT2D eigenvalue weighted by Gasteiger charge is -2.33. The molecule has 1 aliphatic rings. The molecule has 0 saturated carbocycles. The Morgan fingerprint density at radius 3 is 2.26 bits per heavy atom. The molecule has 7 nitrogen and oxygen atoms in total. The van der Waals surface area contributed by atoms with Crippen LogP contribution < -0.4 is 4.90 Å². The number of piperazine rings is 1. The standard InChI is InChI=1S/C21H22ClN7.2ClH/c1-26-5-7-28(8-6-26)20-4-3-15(10-23-20)18-9-16(17-11-24-27(2)13-17)14-29-21(18)19(22)12-25-29;;/h3-4,9-14H,5-8H2,1-2H3;2*1H. The minimum absolute atomic E-state index is 0. The van der Waals surface area contributed by atoms with Crippen molar-refractivity contribution in [1.29, 1.82) is 0 Å². The van der Waals surface area contributed by atoms with Crippen LogP contribution in [0.2, 0.25) is 5.02 Å². The largest absolute Gasteiger partial charge is 0.354 e. The number of pyridine rings is 2. The highest BCUT2D eigenvalue weighted by molar-refractivity contribution is 6.34. The van der Waals surface area contributed by atoms with E-state index in [1.165, 1.54) is 0 Å². The molecule has 0 aliphatic carbocycles. The van der Waals surface area contributed by atoms with Crippen molar-refractivity contribution in [3.63, 3.8) is 0 Å². The number of hydrogen-bond acceptors (Lipinski definition) is 5. The van der Waals surface area contributed by atoms with Crippen LogP contribution in [0.1, 0.15) is 0 Å². The van der Waals surface area contributed by atoms with E-state index >= 15 is 0 Å². The first kappa shape index (κ1) is 23.3. The smallest absolute Gasteiger partial charge is 0.128 e. The summed E-state index contributed by atoms with van der Waals surface area (Å²) in [6, 6.07) is 6.34. The van der Waals surface area contributed by atoms with Gasteiger partial charge < -0.3 is 9.80 Å². The second-order valence-electron chi connectivity index (χ2n) is 7.53. The zero-order valence-corrected chi connectivity index (χ0v) is 19.7. The number of rotatable bonds is 3. The van der Waals surface area contributed by atoms with Gasteiger partial charge in [-0.25, -0.2) is 9.50 Å². The summed E-state index contributed by atoms with van der Waals surface area (Å²) in [4.78, 5) is 9.42. The van der Waals surface area contributed by atoms with Crippen LogP contribution in [0.4, 0.5) is 5.82 Å². The molecule has 10 heteroatoms. The maximum absolute atomic E-state index is 6.46. The van der Waals surface area contributed by atoms with Crippen molar-refractivity contribution < 1.29 is 0 Å². The lowest BCUT2D eigenvalue weighted by molar-refractivity contribution is 0.312. The van der Waals surface area contributed by atoms with Crippen molar-refractivity contribution in [2.24, 2.45) is 7.05 Å². The van der Waals surface area contributed by atoms with Crippen molar-refractivity contribution in [3.8, 4) is 22.3 Å². The first-order valence-electron chi connectivity index (χ1n) is 9.64. The zero-order valence-electron chi connectivity index (χ0n) is 17.3. The van der Waals surface area contributed by atoms with E-state index in [1.54, 1.807) is 10.9 Å². The van der Waals surface area contributed by atoms with Gasteiger partial charge in [-0.2, -0.15) is 10.2 Å². The van der Waals surface area contributed by atoms with Crippen LogP contribution in [0.25, 0.3) is 27.8 Å². The number of fused-ring (bicyclic) bond motifs is 1. The third kappa shape index (κ3) is 4.50. The van der Waals surface area contributed by atoms with Crippen LogP contribution in [-0.2, 0) is 7.05 Å². The van der Waals surface area contributed by atoms with E-state index in [0.29, 0.717) is 5.02 Å². The number of likely N-dealkylation sites (N-methyl/N-ethyl adjacent to an activating group) is 1. The van der Waals surface area contributed by atoms with Crippen LogP contribution in [0.15, 0.2) is 49.2 Å². The highest BCUT2D eigenvalue weighted by Gasteiger charge is 2.17. The van der Waals surface area contributed by atoms with Crippen molar-refractivity contribution in [3.05, 3.63) is 54.2 Å². The number of aryl methyl sites for hydroxylation is 1. The predicted molar refractivity (Wildman–Crippen MR) is 130 cm³/mol. The molecule has 0 atom stereocenters. The van der Waals surface area contributed by atoms with Crippen LogP contribution in [0, 0.1) is 0 Å². The summed E-state index contributed by atoms with van der Waals surface area (Å²) < 4.78 is 3.62. The summed E-state index contributed by atoms with van der Waals surface area (Å²) in [6.07, 6.45) is 9.43. The molecule has 4 aromatic heterocycles. The number of aromatic nitrogens is 5. The number of halogens is 3. The van der Waals surface area contributed by atoms with Crippen LogP contribution in [0.3, 0.4) is 0 Å². The first-order valence-corrected chi connectivity index (χ1v) is 10.0. The molecule has 1 saturated heterocycles. The first-order chi connectivity index (χ1) is 14.1. The summed E-state index contributed by atoms with van der Waals surface area (Å²) >= 11 is 6.46. The molecule has 164 valence electrons. The molecular formula is C21H24Cl3N7. The van der Waals surface area contributed by atoms with Gasteiger partial charge in [0.2, 0.25) is 0 Å². The molecule has 0 bridgehead atoms. The van der Waals surface area contributed by atoms with Gasteiger partial charge in [0.25, 0.3) is 0 Å². The van der Waals surface area contributed by atoms with E-state index < -0.39 is 0 Å². The monoisotopic (exact) mass is 479 g/mol. The zero-order chi connectivity index (χ0) is 20.0. The molecule has 0 N–H and O–H groups in total. The highest BCUT2D eigenvalue weighted by Crippen LogP contribution is 2.34. The average molecular weight is 481 g/mol. The van der Waals surface area contributed by atoms with Gasteiger partial charge >= 0.3 is 0 Å². The summed E-state index contributed by atoms with van der Waals surface area (Å²) in [7, 11) is 4.07. The molecule has 31 heavy (non-hydrogen) atoms. The Morgan fingerprint density at radius 2 is 1.61 bits per heavy atom. The summed E-state index contributed by atoms with van der Waals surface area (Å²) in [5.74, 6) is 1.01. The Kier molecular flexibility index (Phi) is 7.11. The maximum atomic E-state index is 6.46. The Hall–Kier alpha value is -2.32. The molecule has 1 fully saturated rings. The fourth-order valence-electron chi connectivity index (χ4n) is 3.80. The maximum Gasteiger partial charge on any atom is 0.128 e. The molecule has 1 aliphatic heterocycles. The highest BCUT2D eigenvalue weighted by atomic mass is 35.5. The van der Waals surface area contributed by atoms with E-state index in [1.807, 2.05) is 36.4 Å². The SMILES string of the molecule is CN1CCN(c2ccc(-c3cc(-c4cnn(C)c4)cn4ncc(Cl)c34)cn2)CC1.Cl.Cl. The molecule has 5 rings (SSSR count). The van der Waals surface area contributed by atoms with Crippen LogP contribution in [0.5, 0.6) is 0 Å². The Bertz CT molecular complexity index is 1160. The van der Waals surface area contributed by atoms with Gasteiger partial charge in [0.05, 0.1) is 22.9 Å². The fourth-order valence-corrected chi connectivity index (χ4v) is 4.03. The molecular weight excluding hydrogens is 457 g/mol. The molecule has 5 heterocycles. The van der Waals surface area contributed by atoms with E-state index in [0.717, 1.165) is 59.8 Å². The lowest BCUT2D eigenvalue weighted by Crippen LogP contribution is -2.44. The number of nitrogens with zero attached hydrogens (tertiary/aromatic N) is 7. The number of hydrogen-bond donors (Lipinski definition) is 0. The van der Waals surface area contributed by atoms with Gasteiger partial charge in [0.15, 0.2) is 0 Å². The molecule has 0 aromatic carbocycles. The van der Waals surface area contributed by atoms with Crippen molar-refractivity contribution in [2.75, 3.05) is 38.1 Å². The molecule has 0 unspecified atom stereocenters. The quantitative estimate of drug-likeness (QED) is 0.443. The van der Waals surface area contributed by atoms with Gasteiger partial charge in [-0.1, -0.05) is 11.6 Å². The average Bonchev–Trinajstić information content (AvgIpc) is 3.34. The van der Waals surface area contributed by atoms with Crippen molar-refractivity contribution in [2.45, 2.75) is 0 Å². The Labute approximate surface area is 198 Å². The molecule has 0 amide bonds. The van der Waals surface area contributed by atoms with E-state index in [-0.39, 0.29) is 24.8 Å². The van der Waals surface area contributed by atoms with Gasteiger partial charge in [-0.15, -0.1) is 24.8 Å². The van der Waals surface area contributed by atoms with E-state index in [4.69, 9.17) is 16.6 Å². The van der Waals surface area contributed by atoms with Crippen molar-refractivity contribution >= 4 is 47.7 Å². The van der Waals surface area contributed by atoms with E-state index in [2.05, 4.69) is 45.2 Å². The number of anilines is 1. The fraction of sp³-hybridized carbons (Fsp3) is 0.286. The molecule has 4 aromatic rings. The third-order valence-corrected chi connectivity index (χ3v) is 5.77. The minimum Gasteiger partial charge on any atom is -0.354 e. The molecule has 0 spiro atoms. The van der Waals surface area contributed by atoms with E-state index in [9.17, 15) is 0 Å². The van der Waals surface area contributed by atoms with Gasteiger partial charge in [0.1, 0.15) is 5.82 Å². The summed E-state index contributed by atoms with van der Waals surface area (Å²) in [5.41, 5.74) is 4.97. The second-order valence-corrected chi connectivity index (χ2v) is 7.93. The third-order valence-electron chi connectivity index (χ3n) is 5.49.